The van der Waals surface area contributed by atoms with Crippen LogP contribution < -0.4 is 5.32 Å². The summed E-state index contributed by atoms with van der Waals surface area (Å²) in [6.45, 7) is 2.20. The first-order valence-electron chi connectivity index (χ1n) is 7.39. The Balaban J connectivity index is 1.54. The minimum absolute atomic E-state index is 0.225. The molecule has 0 aromatic heterocycles. The number of benzene rings is 1. The second-order valence-electron chi connectivity index (χ2n) is 5.29. The fourth-order valence-corrected chi connectivity index (χ4v) is 2.55. The van der Waals surface area contributed by atoms with Gasteiger partial charge in [-0.2, -0.15) is 0 Å². The van der Waals surface area contributed by atoms with Gasteiger partial charge in [-0.05, 0) is 37.8 Å². The Labute approximate surface area is 116 Å². The maximum atomic E-state index is 10.0. The number of piperidine rings is 1. The van der Waals surface area contributed by atoms with E-state index < -0.39 is 0 Å². The van der Waals surface area contributed by atoms with Gasteiger partial charge in [0.05, 0.1) is 12.7 Å². The van der Waals surface area contributed by atoms with Crippen LogP contribution in [0.5, 0.6) is 0 Å². The van der Waals surface area contributed by atoms with E-state index in [1.807, 2.05) is 6.07 Å². The van der Waals surface area contributed by atoms with Crippen LogP contribution in [-0.2, 0) is 11.2 Å². The number of nitrogens with one attached hydrogen (secondary N) is 1. The van der Waals surface area contributed by atoms with Crippen molar-refractivity contribution in [3.05, 3.63) is 35.9 Å². The first kappa shape index (κ1) is 14.5. The largest absolute Gasteiger partial charge is 0.389 e. The van der Waals surface area contributed by atoms with Gasteiger partial charge in [0, 0.05) is 12.6 Å². The summed E-state index contributed by atoms with van der Waals surface area (Å²) in [5.41, 5.74) is 1.35. The minimum Gasteiger partial charge on any atom is -0.389 e. The molecule has 0 spiro atoms. The molecule has 0 unspecified atom stereocenters. The fraction of sp³-hybridized carbons (Fsp3) is 0.625. The molecule has 1 aliphatic rings. The standard InChI is InChI=1S/C16H25NO2/c18-16(15-10-4-5-11-17-15)13-19-12-6-9-14-7-2-1-3-8-14/h1-3,7-8,15-18H,4-6,9-13H2/t15-,16-/m1/s1. The van der Waals surface area contributed by atoms with E-state index in [0.717, 1.165) is 32.4 Å². The molecule has 0 saturated carbocycles. The first-order chi connectivity index (χ1) is 9.36. The molecule has 106 valence electrons. The van der Waals surface area contributed by atoms with Crippen LogP contribution in [0.4, 0.5) is 0 Å². The zero-order chi connectivity index (χ0) is 13.3. The number of hydrogen-bond acceptors (Lipinski definition) is 3. The van der Waals surface area contributed by atoms with E-state index in [4.69, 9.17) is 4.74 Å². The van der Waals surface area contributed by atoms with Crippen molar-refractivity contribution < 1.29 is 9.84 Å². The third kappa shape index (κ3) is 5.31. The third-order valence-electron chi connectivity index (χ3n) is 3.70. The van der Waals surface area contributed by atoms with Gasteiger partial charge in [0.2, 0.25) is 0 Å². The molecule has 2 atom stereocenters. The van der Waals surface area contributed by atoms with Gasteiger partial charge in [0.25, 0.3) is 0 Å². The molecule has 0 bridgehead atoms. The summed E-state index contributed by atoms with van der Waals surface area (Å²) >= 11 is 0. The predicted molar refractivity (Wildman–Crippen MR) is 77.2 cm³/mol. The zero-order valence-electron chi connectivity index (χ0n) is 11.6. The highest BCUT2D eigenvalue weighted by atomic mass is 16.5. The number of hydrogen-bond donors (Lipinski definition) is 2. The second-order valence-corrected chi connectivity index (χ2v) is 5.29. The highest BCUT2D eigenvalue weighted by molar-refractivity contribution is 5.14. The van der Waals surface area contributed by atoms with Crippen LogP contribution in [0, 0.1) is 0 Å². The van der Waals surface area contributed by atoms with E-state index in [1.54, 1.807) is 0 Å². The second kappa shape index (κ2) is 8.31. The van der Waals surface area contributed by atoms with Crippen LogP contribution in [0.2, 0.25) is 0 Å². The lowest BCUT2D eigenvalue weighted by molar-refractivity contribution is 0.0105. The van der Waals surface area contributed by atoms with Crippen molar-refractivity contribution in [1.82, 2.24) is 5.32 Å². The Kier molecular flexibility index (Phi) is 6.34. The molecule has 3 nitrogen and oxygen atoms in total. The molecule has 1 saturated heterocycles. The summed E-state index contributed by atoms with van der Waals surface area (Å²) in [7, 11) is 0. The van der Waals surface area contributed by atoms with Crippen molar-refractivity contribution >= 4 is 0 Å². The van der Waals surface area contributed by atoms with Crippen LogP contribution in [0.1, 0.15) is 31.2 Å². The average molecular weight is 263 g/mol. The highest BCUT2D eigenvalue weighted by Crippen LogP contribution is 2.11. The Morgan fingerprint density at radius 1 is 1.26 bits per heavy atom. The van der Waals surface area contributed by atoms with Crippen molar-refractivity contribution in [3.63, 3.8) is 0 Å². The normalized spacial score (nSPS) is 21.2. The summed E-state index contributed by atoms with van der Waals surface area (Å²) in [6.07, 6.45) is 5.18. The van der Waals surface area contributed by atoms with Gasteiger partial charge in [0.15, 0.2) is 0 Å². The SMILES string of the molecule is O[C@H](COCCCc1ccccc1)[C@H]1CCCCN1. The first-order valence-corrected chi connectivity index (χ1v) is 7.39. The minimum atomic E-state index is -0.364. The number of aliphatic hydroxyl groups excluding tert-OH is 1. The number of ether oxygens (including phenoxy) is 1. The summed E-state index contributed by atoms with van der Waals surface area (Å²) < 4.78 is 5.58. The molecule has 3 heteroatoms. The van der Waals surface area contributed by atoms with Crippen LogP contribution >= 0.6 is 0 Å². The van der Waals surface area contributed by atoms with E-state index in [2.05, 4.69) is 29.6 Å². The van der Waals surface area contributed by atoms with Crippen molar-refractivity contribution in [2.75, 3.05) is 19.8 Å². The predicted octanol–water partition coefficient (Wildman–Crippen LogP) is 2.14. The zero-order valence-corrected chi connectivity index (χ0v) is 11.6. The summed E-state index contributed by atoms with van der Waals surface area (Å²) in [5.74, 6) is 0. The highest BCUT2D eigenvalue weighted by Gasteiger charge is 2.20. The summed E-state index contributed by atoms with van der Waals surface area (Å²) in [5, 5.41) is 13.4. The van der Waals surface area contributed by atoms with Gasteiger partial charge in [-0.25, -0.2) is 0 Å². The lowest BCUT2D eigenvalue weighted by Crippen LogP contribution is -2.45. The smallest absolute Gasteiger partial charge is 0.0926 e. The number of aliphatic hydroxyl groups is 1. The van der Waals surface area contributed by atoms with E-state index in [1.165, 1.54) is 18.4 Å². The molecule has 1 aromatic carbocycles. The van der Waals surface area contributed by atoms with Crippen LogP contribution in [0.25, 0.3) is 0 Å². The fourth-order valence-electron chi connectivity index (χ4n) is 2.55. The summed E-state index contributed by atoms with van der Waals surface area (Å²) in [4.78, 5) is 0. The van der Waals surface area contributed by atoms with Crippen molar-refractivity contribution in [3.8, 4) is 0 Å². The monoisotopic (exact) mass is 263 g/mol. The lowest BCUT2D eigenvalue weighted by atomic mass is 10.0. The molecule has 1 aromatic rings. The maximum Gasteiger partial charge on any atom is 0.0926 e. The quantitative estimate of drug-likeness (QED) is 0.741. The van der Waals surface area contributed by atoms with Crippen LogP contribution in [0.15, 0.2) is 30.3 Å². The molecule has 1 heterocycles. The van der Waals surface area contributed by atoms with Gasteiger partial charge in [-0.3, -0.25) is 0 Å². The molecule has 1 aliphatic heterocycles. The lowest BCUT2D eigenvalue weighted by Gasteiger charge is -2.27. The Hall–Kier alpha value is -0.900. The van der Waals surface area contributed by atoms with Gasteiger partial charge >= 0.3 is 0 Å². The molecular formula is C16H25NO2. The Morgan fingerprint density at radius 2 is 2.11 bits per heavy atom. The molecule has 2 N–H and O–H groups in total. The van der Waals surface area contributed by atoms with Gasteiger partial charge < -0.3 is 15.2 Å². The Morgan fingerprint density at radius 3 is 2.84 bits per heavy atom. The molecule has 0 amide bonds. The van der Waals surface area contributed by atoms with Crippen molar-refractivity contribution in [2.45, 2.75) is 44.2 Å². The molecule has 0 radical (unpaired) electrons. The van der Waals surface area contributed by atoms with E-state index in [0.29, 0.717) is 6.61 Å². The van der Waals surface area contributed by atoms with Gasteiger partial charge in [0.1, 0.15) is 0 Å². The number of rotatable bonds is 7. The average Bonchev–Trinajstić information content (AvgIpc) is 2.49. The van der Waals surface area contributed by atoms with Crippen molar-refractivity contribution in [2.24, 2.45) is 0 Å². The van der Waals surface area contributed by atoms with Crippen LogP contribution in [0.3, 0.4) is 0 Å². The third-order valence-corrected chi connectivity index (χ3v) is 3.70. The maximum absolute atomic E-state index is 10.0. The Bertz CT molecular complexity index is 336. The van der Waals surface area contributed by atoms with Gasteiger partial charge in [-0.15, -0.1) is 0 Å². The van der Waals surface area contributed by atoms with Gasteiger partial charge in [-0.1, -0.05) is 36.8 Å². The molecule has 19 heavy (non-hydrogen) atoms. The van der Waals surface area contributed by atoms with Crippen molar-refractivity contribution in [1.29, 1.82) is 0 Å². The molecule has 0 aliphatic carbocycles. The van der Waals surface area contributed by atoms with Crippen LogP contribution in [-0.4, -0.2) is 37.0 Å². The van der Waals surface area contributed by atoms with E-state index in [-0.39, 0.29) is 12.1 Å². The molecule has 2 rings (SSSR count). The van der Waals surface area contributed by atoms with E-state index in [9.17, 15) is 5.11 Å². The molecular weight excluding hydrogens is 238 g/mol. The van der Waals surface area contributed by atoms with E-state index >= 15 is 0 Å². The molecule has 1 fully saturated rings. The topological polar surface area (TPSA) is 41.5 Å². The number of aryl methyl sites for hydroxylation is 1. The summed E-state index contributed by atoms with van der Waals surface area (Å²) in [6, 6.07) is 10.7.